The van der Waals surface area contributed by atoms with Gasteiger partial charge in [0, 0.05) is 49.7 Å². The van der Waals surface area contributed by atoms with Gasteiger partial charge in [-0.05, 0) is 23.3 Å². The van der Waals surface area contributed by atoms with E-state index in [1.54, 1.807) is 6.20 Å². The van der Waals surface area contributed by atoms with Crippen molar-refractivity contribution in [1.82, 2.24) is 15.6 Å². The Morgan fingerprint density at radius 1 is 1.22 bits per heavy atom. The third-order valence-electron chi connectivity index (χ3n) is 3.26. The van der Waals surface area contributed by atoms with Crippen molar-refractivity contribution in [2.24, 2.45) is 0 Å². The maximum Gasteiger partial charge on any atom is 0.0447 e. The Balaban J connectivity index is 1.89. The van der Waals surface area contributed by atoms with Gasteiger partial charge in [0.05, 0.1) is 0 Å². The summed E-state index contributed by atoms with van der Waals surface area (Å²) >= 11 is 0. The SMILES string of the molecule is [c]1cncc(-c2cccc(C3CNCCN3)c2)c1. The molecule has 3 nitrogen and oxygen atoms in total. The molecule has 1 aromatic heterocycles. The van der Waals surface area contributed by atoms with E-state index in [9.17, 15) is 0 Å². The second-order valence-corrected chi connectivity index (χ2v) is 4.51. The van der Waals surface area contributed by atoms with E-state index in [4.69, 9.17) is 0 Å². The zero-order valence-electron chi connectivity index (χ0n) is 10.2. The summed E-state index contributed by atoms with van der Waals surface area (Å²) in [7, 11) is 0. The predicted octanol–water partition coefficient (Wildman–Crippen LogP) is 1.78. The smallest absolute Gasteiger partial charge is 0.0447 e. The van der Waals surface area contributed by atoms with Crippen molar-refractivity contribution < 1.29 is 0 Å². The molecule has 1 aromatic carbocycles. The first-order valence-electron chi connectivity index (χ1n) is 6.29. The van der Waals surface area contributed by atoms with Crippen LogP contribution in [0.5, 0.6) is 0 Å². The van der Waals surface area contributed by atoms with E-state index < -0.39 is 0 Å². The third-order valence-corrected chi connectivity index (χ3v) is 3.26. The molecule has 0 aliphatic carbocycles. The summed E-state index contributed by atoms with van der Waals surface area (Å²) in [6.45, 7) is 3.06. The lowest BCUT2D eigenvalue weighted by Crippen LogP contribution is -2.42. The van der Waals surface area contributed by atoms with Crippen LogP contribution in [0.1, 0.15) is 11.6 Å². The molecule has 0 amide bonds. The number of aromatic nitrogens is 1. The van der Waals surface area contributed by atoms with Crippen LogP contribution in [-0.4, -0.2) is 24.6 Å². The molecule has 1 radical (unpaired) electrons. The second-order valence-electron chi connectivity index (χ2n) is 4.51. The van der Waals surface area contributed by atoms with Crippen molar-refractivity contribution in [3.8, 4) is 11.1 Å². The van der Waals surface area contributed by atoms with Crippen molar-refractivity contribution >= 4 is 0 Å². The fourth-order valence-electron chi connectivity index (χ4n) is 2.31. The average molecular weight is 238 g/mol. The first kappa shape index (κ1) is 11.4. The van der Waals surface area contributed by atoms with Crippen molar-refractivity contribution in [2.75, 3.05) is 19.6 Å². The van der Waals surface area contributed by atoms with Gasteiger partial charge in [-0.3, -0.25) is 4.98 Å². The molecule has 1 atom stereocenters. The number of rotatable bonds is 2. The minimum Gasteiger partial charge on any atom is -0.314 e. The van der Waals surface area contributed by atoms with Gasteiger partial charge in [-0.15, -0.1) is 0 Å². The van der Waals surface area contributed by atoms with Crippen LogP contribution in [0.15, 0.2) is 42.7 Å². The van der Waals surface area contributed by atoms with E-state index in [1.165, 1.54) is 11.1 Å². The van der Waals surface area contributed by atoms with Gasteiger partial charge in [-0.2, -0.15) is 0 Å². The van der Waals surface area contributed by atoms with Crippen LogP contribution in [0.4, 0.5) is 0 Å². The van der Waals surface area contributed by atoms with Crippen LogP contribution in [0.2, 0.25) is 0 Å². The van der Waals surface area contributed by atoms with Crippen molar-refractivity contribution in [1.29, 1.82) is 0 Å². The quantitative estimate of drug-likeness (QED) is 0.837. The Bertz CT molecular complexity index is 504. The molecular formula is C15H16N3. The molecule has 2 heterocycles. The van der Waals surface area contributed by atoms with E-state index in [-0.39, 0.29) is 0 Å². The van der Waals surface area contributed by atoms with Crippen molar-refractivity contribution in [2.45, 2.75) is 6.04 Å². The lowest BCUT2D eigenvalue weighted by molar-refractivity contribution is 0.430. The summed E-state index contributed by atoms with van der Waals surface area (Å²) < 4.78 is 0. The van der Waals surface area contributed by atoms with Crippen LogP contribution >= 0.6 is 0 Å². The zero-order valence-corrected chi connectivity index (χ0v) is 10.2. The van der Waals surface area contributed by atoms with E-state index in [2.05, 4.69) is 45.9 Å². The third kappa shape index (κ3) is 2.42. The minimum atomic E-state index is 0.402. The summed E-state index contributed by atoms with van der Waals surface area (Å²) in [6.07, 6.45) is 3.56. The van der Waals surface area contributed by atoms with Crippen LogP contribution < -0.4 is 10.6 Å². The molecule has 1 aliphatic heterocycles. The Morgan fingerprint density at radius 3 is 3.00 bits per heavy atom. The largest absolute Gasteiger partial charge is 0.314 e. The molecule has 2 aromatic rings. The summed E-state index contributed by atoms with van der Waals surface area (Å²) in [5.74, 6) is 0. The highest BCUT2D eigenvalue weighted by molar-refractivity contribution is 5.63. The van der Waals surface area contributed by atoms with Gasteiger partial charge >= 0.3 is 0 Å². The predicted molar refractivity (Wildman–Crippen MR) is 72.1 cm³/mol. The van der Waals surface area contributed by atoms with Crippen molar-refractivity contribution in [3.05, 3.63) is 54.4 Å². The first-order chi connectivity index (χ1) is 8.93. The summed E-state index contributed by atoms with van der Waals surface area (Å²) in [4.78, 5) is 4.12. The zero-order chi connectivity index (χ0) is 12.2. The summed E-state index contributed by atoms with van der Waals surface area (Å²) in [6, 6.07) is 14.0. The number of benzene rings is 1. The normalized spacial score (nSPS) is 19.7. The molecule has 0 spiro atoms. The highest BCUT2D eigenvalue weighted by atomic mass is 15.1. The molecule has 1 fully saturated rings. The van der Waals surface area contributed by atoms with Gasteiger partial charge in [0.1, 0.15) is 0 Å². The topological polar surface area (TPSA) is 37.0 Å². The fourth-order valence-corrected chi connectivity index (χ4v) is 2.31. The lowest BCUT2D eigenvalue weighted by Gasteiger charge is -2.25. The molecule has 3 rings (SSSR count). The Labute approximate surface area is 107 Å². The lowest BCUT2D eigenvalue weighted by atomic mass is 9.99. The van der Waals surface area contributed by atoms with Gasteiger partial charge in [0.15, 0.2) is 0 Å². The number of nitrogens with one attached hydrogen (secondary N) is 2. The molecule has 2 N–H and O–H groups in total. The molecule has 0 bridgehead atoms. The highest BCUT2D eigenvalue weighted by Crippen LogP contribution is 2.22. The molecule has 1 aliphatic rings. The maximum atomic E-state index is 4.12. The van der Waals surface area contributed by atoms with Gasteiger partial charge in [0.25, 0.3) is 0 Å². The van der Waals surface area contributed by atoms with Gasteiger partial charge in [0.2, 0.25) is 0 Å². The van der Waals surface area contributed by atoms with Crippen LogP contribution in [0.3, 0.4) is 0 Å². The van der Waals surface area contributed by atoms with Crippen LogP contribution in [0, 0.1) is 6.07 Å². The number of hydrogen-bond donors (Lipinski definition) is 2. The first-order valence-corrected chi connectivity index (χ1v) is 6.29. The summed E-state index contributed by atoms with van der Waals surface area (Å²) in [5, 5.41) is 6.94. The maximum absolute atomic E-state index is 4.12. The number of piperazine rings is 1. The second kappa shape index (κ2) is 5.29. The molecular weight excluding hydrogens is 222 g/mol. The number of hydrogen-bond acceptors (Lipinski definition) is 3. The van der Waals surface area contributed by atoms with Gasteiger partial charge < -0.3 is 10.6 Å². The van der Waals surface area contributed by atoms with Crippen molar-refractivity contribution in [3.63, 3.8) is 0 Å². The summed E-state index contributed by atoms with van der Waals surface area (Å²) in [5.41, 5.74) is 3.64. The van der Waals surface area contributed by atoms with Gasteiger partial charge in [-0.1, -0.05) is 18.2 Å². The van der Waals surface area contributed by atoms with E-state index >= 15 is 0 Å². The fraction of sp³-hybridized carbons (Fsp3) is 0.267. The Morgan fingerprint density at radius 2 is 2.22 bits per heavy atom. The van der Waals surface area contributed by atoms with E-state index in [0.717, 1.165) is 25.2 Å². The Kier molecular flexibility index (Phi) is 3.35. The molecule has 1 unspecified atom stereocenters. The monoisotopic (exact) mass is 238 g/mol. The average Bonchev–Trinajstić information content (AvgIpc) is 2.49. The highest BCUT2D eigenvalue weighted by Gasteiger charge is 2.14. The molecule has 91 valence electrons. The Hall–Kier alpha value is -1.71. The van der Waals surface area contributed by atoms with E-state index in [0.29, 0.717) is 6.04 Å². The van der Waals surface area contributed by atoms with Crippen LogP contribution in [-0.2, 0) is 0 Å². The minimum absolute atomic E-state index is 0.402. The number of pyridine rings is 1. The molecule has 18 heavy (non-hydrogen) atoms. The molecule has 3 heteroatoms. The van der Waals surface area contributed by atoms with Gasteiger partial charge in [-0.25, -0.2) is 0 Å². The number of nitrogens with zero attached hydrogens (tertiary/aromatic N) is 1. The molecule has 1 saturated heterocycles. The van der Waals surface area contributed by atoms with E-state index in [1.807, 2.05) is 12.3 Å². The standard InChI is InChI=1S/C15H16N3/c1-3-12(14-5-2-6-16-10-14)9-13(4-1)15-11-17-7-8-18-15/h1,3-6,9-10,15,17-18H,7-8,11H2. The van der Waals surface area contributed by atoms with Crippen LogP contribution in [0.25, 0.3) is 11.1 Å². The molecule has 0 saturated carbocycles.